The van der Waals surface area contributed by atoms with E-state index in [9.17, 15) is 9.90 Å². The molecule has 4 aliphatic rings. The molecular weight excluding hydrogens is 502 g/mol. The monoisotopic (exact) mass is 539 g/mol. The predicted molar refractivity (Wildman–Crippen MR) is 154 cm³/mol. The highest BCUT2D eigenvalue weighted by Crippen LogP contribution is 2.42. The van der Waals surface area contributed by atoms with Crippen LogP contribution in [0.4, 0.5) is 0 Å². The van der Waals surface area contributed by atoms with Crippen molar-refractivity contribution in [1.82, 2.24) is 19.0 Å². The third-order valence-corrected chi connectivity index (χ3v) is 10.2. The second-order valence-electron chi connectivity index (χ2n) is 12.7. The Kier molecular flexibility index (Phi) is 5.39. The van der Waals surface area contributed by atoms with Gasteiger partial charge in [-0.1, -0.05) is 12.1 Å². The number of nitrogens with zero attached hydrogens (tertiary/aromatic N) is 4. The number of methoxy groups -OCH3 is 1. The van der Waals surface area contributed by atoms with E-state index in [0.29, 0.717) is 29.1 Å². The van der Waals surface area contributed by atoms with Crippen molar-refractivity contribution >= 4 is 27.8 Å². The van der Waals surface area contributed by atoms with Crippen LogP contribution in [0.1, 0.15) is 60.4 Å². The number of aliphatic hydroxyl groups is 1. The third kappa shape index (κ3) is 3.65. The van der Waals surface area contributed by atoms with E-state index in [-0.39, 0.29) is 24.1 Å². The molecule has 3 atom stereocenters. The largest absolute Gasteiger partial charge is 0.494 e. The first kappa shape index (κ1) is 24.4. The number of carbonyl (C=O) groups excluding carboxylic acids is 1. The number of hydrogen-bond acceptors (Lipinski definition) is 5. The van der Waals surface area contributed by atoms with E-state index in [4.69, 9.17) is 15.5 Å². The number of aryl methyl sites for hydroxylation is 1. The lowest BCUT2D eigenvalue weighted by Crippen LogP contribution is -2.41. The fraction of sp³-hybridized carbons (Fsp3) is 0.500. The topological polar surface area (TPSA) is 98.5 Å². The van der Waals surface area contributed by atoms with E-state index in [1.54, 1.807) is 7.11 Å². The molecule has 3 aliphatic carbocycles. The van der Waals surface area contributed by atoms with E-state index < -0.39 is 0 Å². The maximum atomic E-state index is 13.7. The minimum atomic E-state index is -0.168. The van der Waals surface area contributed by atoms with E-state index in [0.717, 1.165) is 61.3 Å². The molecule has 1 aliphatic heterocycles. The first-order chi connectivity index (χ1) is 19.4. The fourth-order valence-corrected chi connectivity index (χ4v) is 7.59. The van der Waals surface area contributed by atoms with E-state index >= 15 is 0 Å². The Morgan fingerprint density at radius 1 is 1.12 bits per heavy atom. The molecule has 2 bridgehead atoms. The quantitative estimate of drug-likeness (QED) is 0.378. The standard InChI is InChI=1S/C32H37N5O3/c1-35-30-24(11-22(14-28(30)40-2)32(39)37-16-20-7-8-25(37)29(20)33)34-31(35)27-13-19-6-5-18(21-9-23(38)10-21)12-26(19)36(27)15-17-3-4-17/h5-6,11-14,17,20-21,23,25,29,38H,3-4,7-10,15-16,33H2,1-2H3/t20?,21?,23?,25?,29-/m1/s1. The van der Waals surface area contributed by atoms with Gasteiger partial charge < -0.3 is 29.6 Å². The van der Waals surface area contributed by atoms with Crippen LogP contribution in [0.2, 0.25) is 0 Å². The maximum Gasteiger partial charge on any atom is 0.254 e. The zero-order chi connectivity index (χ0) is 27.3. The van der Waals surface area contributed by atoms with Gasteiger partial charge >= 0.3 is 0 Å². The van der Waals surface area contributed by atoms with Crippen molar-refractivity contribution in [2.75, 3.05) is 13.7 Å². The Labute approximate surface area is 233 Å². The molecule has 1 amide bonds. The number of nitrogens with two attached hydrogens (primary N) is 1. The summed E-state index contributed by atoms with van der Waals surface area (Å²) in [5.74, 6) is 3.09. The van der Waals surface area contributed by atoms with Gasteiger partial charge in [0.15, 0.2) is 5.82 Å². The lowest BCUT2D eigenvalue weighted by atomic mass is 9.77. The third-order valence-electron chi connectivity index (χ3n) is 10.2. The minimum absolute atomic E-state index is 0.0199. The van der Waals surface area contributed by atoms with E-state index in [1.807, 2.05) is 24.1 Å². The average molecular weight is 540 g/mol. The molecule has 208 valence electrons. The zero-order valence-corrected chi connectivity index (χ0v) is 23.2. The number of benzene rings is 2. The van der Waals surface area contributed by atoms with Gasteiger partial charge in [-0.05, 0) is 86.1 Å². The molecule has 3 N–H and O–H groups in total. The summed E-state index contributed by atoms with van der Waals surface area (Å²) in [6.07, 6.45) is 6.14. The van der Waals surface area contributed by atoms with Crippen LogP contribution in [-0.2, 0) is 13.6 Å². The molecule has 0 spiro atoms. The van der Waals surface area contributed by atoms with Crippen LogP contribution in [0.5, 0.6) is 5.75 Å². The Balaban J connectivity index is 1.23. The van der Waals surface area contributed by atoms with Gasteiger partial charge in [0.05, 0.1) is 24.4 Å². The average Bonchev–Trinajstić information content (AvgIpc) is 3.35. The molecule has 8 heteroatoms. The normalized spacial score (nSPS) is 27.6. The second kappa shape index (κ2) is 8.82. The van der Waals surface area contributed by atoms with Gasteiger partial charge in [-0.3, -0.25) is 4.79 Å². The molecule has 8 rings (SSSR count). The van der Waals surface area contributed by atoms with Crippen LogP contribution < -0.4 is 10.5 Å². The molecule has 4 aromatic rings. The number of likely N-dealkylation sites (tertiary alicyclic amines) is 1. The van der Waals surface area contributed by atoms with Crippen molar-refractivity contribution in [1.29, 1.82) is 0 Å². The summed E-state index contributed by atoms with van der Waals surface area (Å²) in [5.41, 5.74) is 12.3. The van der Waals surface area contributed by atoms with Crippen LogP contribution in [0, 0.1) is 11.8 Å². The molecule has 40 heavy (non-hydrogen) atoms. The van der Waals surface area contributed by atoms with Crippen LogP contribution >= 0.6 is 0 Å². The van der Waals surface area contributed by atoms with Crippen LogP contribution in [0.3, 0.4) is 0 Å². The molecule has 2 aromatic carbocycles. The maximum absolute atomic E-state index is 13.7. The number of aliphatic hydroxyl groups excluding tert-OH is 1. The molecule has 1 saturated heterocycles. The molecule has 8 nitrogen and oxygen atoms in total. The molecule has 4 fully saturated rings. The highest BCUT2D eigenvalue weighted by atomic mass is 16.5. The summed E-state index contributed by atoms with van der Waals surface area (Å²) >= 11 is 0. The summed E-state index contributed by atoms with van der Waals surface area (Å²) in [5, 5.41) is 11.1. The van der Waals surface area contributed by atoms with Crippen molar-refractivity contribution < 1.29 is 14.6 Å². The predicted octanol–water partition coefficient (Wildman–Crippen LogP) is 4.41. The van der Waals surface area contributed by atoms with Crippen molar-refractivity contribution in [3.63, 3.8) is 0 Å². The summed E-state index contributed by atoms with van der Waals surface area (Å²) in [6.45, 7) is 1.71. The number of ether oxygens (including phenoxy) is 1. The first-order valence-electron chi connectivity index (χ1n) is 14.8. The first-order valence-corrected chi connectivity index (χ1v) is 14.8. The number of imidazole rings is 1. The highest BCUT2D eigenvalue weighted by Gasteiger charge is 2.47. The van der Waals surface area contributed by atoms with Crippen LogP contribution in [-0.4, -0.2) is 61.9 Å². The van der Waals surface area contributed by atoms with Gasteiger partial charge in [0, 0.05) is 48.7 Å². The molecule has 2 aromatic heterocycles. The Morgan fingerprint density at radius 3 is 2.62 bits per heavy atom. The summed E-state index contributed by atoms with van der Waals surface area (Å²) in [4.78, 5) is 20.8. The highest BCUT2D eigenvalue weighted by molar-refractivity contribution is 6.00. The summed E-state index contributed by atoms with van der Waals surface area (Å²) in [6, 6.07) is 13.0. The van der Waals surface area contributed by atoms with Gasteiger partial charge in [0.2, 0.25) is 0 Å². The lowest BCUT2D eigenvalue weighted by molar-refractivity contribution is 0.0700. The second-order valence-corrected chi connectivity index (χ2v) is 12.7. The fourth-order valence-electron chi connectivity index (χ4n) is 7.59. The van der Waals surface area contributed by atoms with Crippen molar-refractivity contribution in [3.05, 3.63) is 47.5 Å². The number of amides is 1. The number of piperidine rings is 1. The lowest BCUT2D eigenvalue weighted by Gasteiger charge is -2.31. The number of carbonyl (C=O) groups is 1. The molecular formula is C32H37N5O3. The Bertz CT molecular complexity index is 1660. The van der Waals surface area contributed by atoms with Gasteiger partial charge in [-0.25, -0.2) is 4.98 Å². The molecule has 3 saturated carbocycles. The van der Waals surface area contributed by atoms with Crippen molar-refractivity contribution in [2.24, 2.45) is 24.6 Å². The molecule has 3 heterocycles. The molecule has 0 radical (unpaired) electrons. The van der Waals surface area contributed by atoms with Crippen LogP contribution in [0.15, 0.2) is 36.4 Å². The summed E-state index contributed by atoms with van der Waals surface area (Å²) in [7, 11) is 3.69. The zero-order valence-electron chi connectivity index (χ0n) is 23.2. The van der Waals surface area contributed by atoms with E-state index in [1.165, 1.54) is 29.3 Å². The Hall–Kier alpha value is -3.36. The number of fused-ring (bicyclic) bond motifs is 4. The SMILES string of the molecule is COc1cc(C(=O)N2CC3CCC2[C@@H]3N)cc2nc(-c3cc4ccc(C5CC(O)C5)cc4n3CC3CC3)n(C)c12. The van der Waals surface area contributed by atoms with Gasteiger partial charge in [0.25, 0.3) is 5.91 Å². The molecule has 2 unspecified atom stereocenters. The van der Waals surface area contributed by atoms with Crippen LogP contribution in [0.25, 0.3) is 33.5 Å². The summed E-state index contributed by atoms with van der Waals surface area (Å²) < 4.78 is 10.4. The van der Waals surface area contributed by atoms with Gasteiger partial charge in [0.1, 0.15) is 11.3 Å². The Morgan fingerprint density at radius 2 is 1.95 bits per heavy atom. The van der Waals surface area contributed by atoms with Crippen molar-refractivity contribution in [2.45, 2.75) is 69.2 Å². The number of hydrogen-bond donors (Lipinski definition) is 2. The smallest absolute Gasteiger partial charge is 0.254 e. The number of rotatable bonds is 6. The van der Waals surface area contributed by atoms with Gasteiger partial charge in [-0.2, -0.15) is 0 Å². The van der Waals surface area contributed by atoms with Gasteiger partial charge in [-0.15, -0.1) is 0 Å². The number of aromatic nitrogens is 3. The minimum Gasteiger partial charge on any atom is -0.494 e. The van der Waals surface area contributed by atoms with E-state index in [2.05, 4.69) is 33.4 Å². The van der Waals surface area contributed by atoms with Crippen molar-refractivity contribution in [3.8, 4) is 17.3 Å².